The van der Waals surface area contributed by atoms with Gasteiger partial charge in [0.15, 0.2) is 0 Å². The van der Waals surface area contributed by atoms with Crippen LogP contribution >= 0.6 is 0 Å². The van der Waals surface area contributed by atoms with E-state index < -0.39 is 0 Å². The van der Waals surface area contributed by atoms with Gasteiger partial charge in [-0.1, -0.05) is 84.9 Å². The maximum atomic E-state index is 3.34. The van der Waals surface area contributed by atoms with Gasteiger partial charge < -0.3 is 24.8 Å². The molecule has 50 heavy (non-hydrogen) atoms. The Hall–Kier alpha value is -3.63. The molecule has 0 radical (unpaired) electrons. The normalized spacial score (nSPS) is 9.68. The summed E-state index contributed by atoms with van der Waals surface area (Å²) >= 11 is 2.60. The summed E-state index contributed by atoms with van der Waals surface area (Å²) in [6.45, 7) is 0. The molecule has 0 atom stereocenters. The zero-order valence-electron chi connectivity index (χ0n) is 27.6. The summed E-state index contributed by atoms with van der Waals surface area (Å²) in [5.41, 5.74) is 0. The summed E-state index contributed by atoms with van der Waals surface area (Å²) in [6, 6.07) is 67.9. The summed E-state index contributed by atoms with van der Waals surface area (Å²) in [5, 5.41) is 16.1. The van der Waals surface area contributed by atoms with Crippen LogP contribution in [0.2, 0.25) is 0 Å². The van der Waals surface area contributed by atoms with Crippen LogP contribution in [0.1, 0.15) is 0 Å². The standard InChI is InChI=1S/2C13H9.2C9H7.2CH2.2ClH.2Zr/c2*1-3-7-12-10(5-1)9-11-6-2-4-8-13(11)12;2*1-2-5-9-7-3-6-8(9)4-1;;;;;;/h2*1-9H;2*1-7H;2*1H2;2*1H;;/q4*-1;;;;;2*+2/p-2. The van der Waals surface area contributed by atoms with Gasteiger partial charge in [-0.25, -0.2) is 0 Å². The molecule has 0 aliphatic heterocycles. The average Bonchev–Trinajstić information content (AvgIpc) is 3.98. The van der Waals surface area contributed by atoms with E-state index in [1.165, 1.54) is 113 Å². The Balaban J connectivity index is 0.000000174. The minimum absolute atomic E-state index is 0. The molecule has 0 N–H and O–H groups in total. The van der Waals surface area contributed by atoms with Gasteiger partial charge in [-0.3, -0.25) is 0 Å². The van der Waals surface area contributed by atoms with Gasteiger partial charge in [-0.2, -0.15) is 35.0 Å². The van der Waals surface area contributed by atoms with Gasteiger partial charge in [-0.15, -0.1) is 139 Å². The number of hydrogen-bond acceptors (Lipinski definition) is 0. The molecule has 10 rings (SSSR count). The van der Waals surface area contributed by atoms with E-state index in [2.05, 4.69) is 203 Å². The Morgan fingerprint density at radius 2 is 0.540 bits per heavy atom. The second-order valence-electron chi connectivity index (χ2n) is 10.9. The third kappa shape index (κ3) is 10.2. The van der Waals surface area contributed by atoms with Gasteiger partial charge in [0.25, 0.3) is 0 Å². The molecule has 0 saturated carbocycles. The molecule has 0 aliphatic carbocycles. The van der Waals surface area contributed by atoms with Crippen LogP contribution in [0.5, 0.6) is 0 Å². The molecular weight excluding hydrogens is 806 g/mol. The van der Waals surface area contributed by atoms with Crippen LogP contribution in [0.4, 0.5) is 0 Å². The molecular formula is C46H36Cl2Zr2-2. The van der Waals surface area contributed by atoms with Crippen molar-refractivity contribution in [3.63, 3.8) is 0 Å². The van der Waals surface area contributed by atoms with Crippen molar-refractivity contribution in [2.45, 2.75) is 0 Å². The number of halogens is 2. The van der Waals surface area contributed by atoms with E-state index in [0.717, 1.165) is 0 Å². The molecule has 0 saturated heterocycles. The van der Waals surface area contributed by atoms with E-state index in [0.29, 0.717) is 0 Å². The van der Waals surface area contributed by atoms with E-state index in [1.807, 2.05) is 0 Å². The Morgan fingerprint density at radius 3 is 0.820 bits per heavy atom. The Kier molecular flexibility index (Phi) is 17.6. The second-order valence-corrected chi connectivity index (χ2v) is 10.9. The van der Waals surface area contributed by atoms with Crippen molar-refractivity contribution in [3.05, 3.63) is 194 Å². The first-order chi connectivity index (χ1) is 23.8. The summed E-state index contributed by atoms with van der Waals surface area (Å²) in [5.74, 6) is 0. The first kappa shape index (κ1) is 40.8. The number of benzene rings is 6. The molecule has 0 amide bonds. The van der Waals surface area contributed by atoms with E-state index in [-0.39, 0.29) is 24.8 Å². The van der Waals surface area contributed by atoms with Gasteiger partial charge >= 0.3 is 56.9 Å². The van der Waals surface area contributed by atoms with E-state index in [4.69, 9.17) is 0 Å². The van der Waals surface area contributed by atoms with Gasteiger partial charge in [0.1, 0.15) is 0 Å². The van der Waals surface area contributed by atoms with Crippen LogP contribution in [-0.2, 0) is 48.5 Å². The minimum atomic E-state index is 0. The Labute approximate surface area is 337 Å². The smallest absolute Gasteiger partial charge is 0.0771 e. The summed E-state index contributed by atoms with van der Waals surface area (Å²) in [7, 11) is 0. The molecule has 0 spiro atoms. The van der Waals surface area contributed by atoms with Gasteiger partial charge in [0, 0.05) is 0 Å². The third-order valence-corrected chi connectivity index (χ3v) is 8.14. The maximum absolute atomic E-state index is 3.34. The molecule has 0 aromatic heterocycles. The van der Waals surface area contributed by atoms with E-state index >= 15 is 0 Å². The van der Waals surface area contributed by atoms with Crippen molar-refractivity contribution in [3.8, 4) is 0 Å². The Morgan fingerprint density at radius 1 is 0.300 bits per heavy atom. The van der Waals surface area contributed by atoms with Crippen molar-refractivity contribution in [2.75, 3.05) is 0 Å². The predicted octanol–water partition coefficient (Wildman–Crippen LogP) is 6.48. The van der Waals surface area contributed by atoms with Crippen molar-refractivity contribution >= 4 is 73.1 Å². The molecule has 0 aliphatic rings. The van der Waals surface area contributed by atoms with Crippen LogP contribution in [0.3, 0.4) is 0 Å². The van der Waals surface area contributed by atoms with Gasteiger partial charge in [0.2, 0.25) is 0 Å². The van der Waals surface area contributed by atoms with E-state index in [9.17, 15) is 0 Å². The molecule has 4 heteroatoms. The number of fused-ring (bicyclic) bond motifs is 8. The fourth-order valence-electron chi connectivity index (χ4n) is 5.95. The maximum Gasteiger partial charge on any atom is -0.0771 e. The average molecular weight is 842 g/mol. The Bertz CT molecular complexity index is 2120. The minimum Gasteiger partial charge on any atom is -1.00 e. The van der Waals surface area contributed by atoms with E-state index in [1.54, 1.807) is 0 Å². The molecule has 0 unspecified atom stereocenters. The van der Waals surface area contributed by atoms with Crippen molar-refractivity contribution in [1.82, 2.24) is 0 Å². The monoisotopic (exact) mass is 838 g/mol. The van der Waals surface area contributed by atoms with Crippen molar-refractivity contribution < 1.29 is 73.3 Å². The summed E-state index contributed by atoms with van der Waals surface area (Å²) < 4.78 is 6.68. The topological polar surface area (TPSA) is 0 Å². The molecule has 10 aromatic carbocycles. The molecule has 0 fully saturated rings. The largest absolute Gasteiger partial charge is 1.00 e. The predicted molar refractivity (Wildman–Crippen MR) is 207 cm³/mol. The number of rotatable bonds is 0. The summed E-state index contributed by atoms with van der Waals surface area (Å²) in [4.78, 5) is 0. The fraction of sp³-hybridized carbons (Fsp3) is 0. The molecule has 0 heterocycles. The van der Waals surface area contributed by atoms with Gasteiger partial charge in [0.05, 0.1) is 0 Å². The first-order valence-corrected chi connectivity index (χ1v) is 19.3. The van der Waals surface area contributed by atoms with Crippen molar-refractivity contribution in [1.29, 1.82) is 0 Å². The van der Waals surface area contributed by atoms with Crippen LogP contribution < -0.4 is 24.8 Å². The van der Waals surface area contributed by atoms with Gasteiger partial charge in [-0.05, 0) is 0 Å². The quantitative estimate of drug-likeness (QED) is 0.154. The van der Waals surface area contributed by atoms with Crippen LogP contribution in [0.25, 0.3) is 64.6 Å². The SMILES string of the molecule is [CH2]=[Zr+2].[CH2]=[Zr+2].[Cl-].[Cl-].c1ccc2[cH-]ccc2c1.c1ccc2[cH-]ccc2c1.c1ccc2c(c1)[cH-]c1ccccc12.c1ccc2c(c1)[cH-]c1ccccc12. The first-order valence-electron chi connectivity index (χ1n) is 15.8. The second kappa shape index (κ2) is 21.6. The van der Waals surface area contributed by atoms with Crippen LogP contribution in [0, 0.1) is 0 Å². The van der Waals surface area contributed by atoms with Crippen LogP contribution in [0.15, 0.2) is 194 Å². The fourth-order valence-corrected chi connectivity index (χ4v) is 5.95. The zero-order chi connectivity index (χ0) is 33.6. The van der Waals surface area contributed by atoms with Crippen LogP contribution in [-0.4, -0.2) is 8.42 Å². The zero-order valence-corrected chi connectivity index (χ0v) is 34.1. The van der Waals surface area contributed by atoms with Crippen molar-refractivity contribution in [2.24, 2.45) is 0 Å². The molecule has 10 aromatic rings. The molecule has 0 nitrogen and oxygen atoms in total. The molecule has 0 bridgehead atoms. The third-order valence-electron chi connectivity index (χ3n) is 8.14. The number of hydrogen-bond donors (Lipinski definition) is 0. The summed E-state index contributed by atoms with van der Waals surface area (Å²) in [6.07, 6.45) is 0. The molecule has 244 valence electrons.